The molecule has 6 rings (SSSR count). The Morgan fingerprint density at radius 2 is 1.97 bits per heavy atom. The van der Waals surface area contributed by atoms with Crippen LogP contribution in [-0.4, -0.2) is 27.0 Å². The third-order valence-corrected chi connectivity index (χ3v) is 11.1. The SMILES string of the molecule is C[C@]12CC[C@H]3[C@@H](CC=C4C[C@@H](O)CC[C@@]43C)[C@@H]1CC[C@@H]2C1=NN(C(N)=S)C(c2cccc(F)c2)C1. The molecule has 1 unspecified atom stereocenters. The lowest BCUT2D eigenvalue weighted by molar-refractivity contribution is -0.0424. The van der Waals surface area contributed by atoms with Gasteiger partial charge in [0.2, 0.25) is 0 Å². The van der Waals surface area contributed by atoms with Gasteiger partial charge in [-0.1, -0.05) is 37.6 Å². The minimum absolute atomic E-state index is 0.120. The molecule has 3 fully saturated rings. The summed E-state index contributed by atoms with van der Waals surface area (Å²) >= 11 is 5.37. The van der Waals surface area contributed by atoms with Gasteiger partial charge in [0.1, 0.15) is 5.82 Å². The predicted octanol–water partition coefficient (Wildman–Crippen LogP) is 6.11. The number of allylic oxidation sites excluding steroid dienone is 1. The zero-order valence-electron chi connectivity index (χ0n) is 20.9. The van der Waals surface area contributed by atoms with Gasteiger partial charge in [0.25, 0.3) is 0 Å². The van der Waals surface area contributed by atoms with Crippen LogP contribution in [-0.2, 0) is 0 Å². The summed E-state index contributed by atoms with van der Waals surface area (Å²) in [4.78, 5) is 0. The quantitative estimate of drug-likeness (QED) is 0.384. The van der Waals surface area contributed by atoms with E-state index in [2.05, 4.69) is 19.9 Å². The number of aliphatic hydroxyl groups excluding tert-OH is 1. The van der Waals surface area contributed by atoms with Crippen LogP contribution in [0.2, 0.25) is 0 Å². The average Bonchev–Trinajstić information content (AvgIpc) is 3.41. The number of halogens is 1. The molecule has 1 aromatic rings. The Labute approximate surface area is 213 Å². The Balaban J connectivity index is 1.27. The van der Waals surface area contributed by atoms with Gasteiger partial charge in [-0.2, -0.15) is 5.10 Å². The number of benzene rings is 1. The lowest BCUT2D eigenvalue weighted by Gasteiger charge is -2.58. The summed E-state index contributed by atoms with van der Waals surface area (Å²) in [6.07, 6.45) is 12.1. The van der Waals surface area contributed by atoms with Gasteiger partial charge >= 0.3 is 0 Å². The molecule has 6 heteroatoms. The Hall–Kier alpha value is -1.79. The van der Waals surface area contributed by atoms with E-state index in [4.69, 9.17) is 23.1 Å². The topological polar surface area (TPSA) is 61.9 Å². The van der Waals surface area contributed by atoms with Crippen LogP contribution in [0.25, 0.3) is 0 Å². The number of hydrogen-bond acceptors (Lipinski definition) is 3. The molecule has 0 saturated heterocycles. The molecule has 0 aromatic heterocycles. The second-order valence-electron chi connectivity index (χ2n) is 12.4. The van der Waals surface area contributed by atoms with Crippen molar-refractivity contribution in [2.45, 2.75) is 83.8 Å². The molecular weight excluding hydrogens is 457 g/mol. The molecule has 4 nitrogen and oxygen atoms in total. The van der Waals surface area contributed by atoms with E-state index in [-0.39, 0.29) is 33.9 Å². The van der Waals surface area contributed by atoms with Crippen molar-refractivity contribution in [2.75, 3.05) is 0 Å². The van der Waals surface area contributed by atoms with Crippen molar-refractivity contribution in [1.29, 1.82) is 0 Å². The molecule has 3 saturated carbocycles. The first-order valence-corrected chi connectivity index (χ1v) is 13.9. The molecule has 1 aromatic carbocycles. The Bertz CT molecular complexity index is 1100. The van der Waals surface area contributed by atoms with Crippen LogP contribution >= 0.6 is 12.2 Å². The van der Waals surface area contributed by atoms with Crippen LogP contribution < -0.4 is 5.73 Å². The number of nitrogens with zero attached hydrogens (tertiary/aromatic N) is 2. The van der Waals surface area contributed by atoms with Gasteiger partial charge in [-0.15, -0.1) is 0 Å². The fourth-order valence-corrected chi connectivity index (χ4v) is 9.28. The molecule has 0 spiro atoms. The standard InChI is InChI=1S/C29H38FN3OS/c1-28-12-10-20(34)15-18(28)6-7-21-22-8-9-24(29(22,2)13-11-23(21)28)25-16-26(33(32-25)27(31)35)17-4-3-5-19(30)14-17/h3-6,14,20-24,26,34H,7-13,15-16H2,1-2H3,(H2,31,35)/t20-,21-,22-,23-,24+,26?,28-,29-/m0/s1. The molecule has 0 amide bonds. The van der Waals surface area contributed by atoms with Crippen LogP contribution in [0.1, 0.15) is 83.2 Å². The Morgan fingerprint density at radius 1 is 1.14 bits per heavy atom. The van der Waals surface area contributed by atoms with E-state index in [0.717, 1.165) is 55.9 Å². The van der Waals surface area contributed by atoms with Gasteiger partial charge < -0.3 is 10.8 Å². The third-order valence-electron chi connectivity index (χ3n) is 10.9. The number of hydrazone groups is 1. The molecule has 0 radical (unpaired) electrons. The zero-order chi connectivity index (χ0) is 24.5. The molecule has 5 aliphatic rings. The molecule has 188 valence electrons. The van der Waals surface area contributed by atoms with Crippen molar-refractivity contribution < 1.29 is 9.50 Å². The minimum atomic E-state index is -0.237. The number of hydrogen-bond donors (Lipinski definition) is 2. The van der Waals surface area contributed by atoms with Crippen molar-refractivity contribution in [1.82, 2.24) is 5.01 Å². The summed E-state index contributed by atoms with van der Waals surface area (Å²) < 4.78 is 14.0. The molecule has 35 heavy (non-hydrogen) atoms. The summed E-state index contributed by atoms with van der Waals surface area (Å²) in [7, 11) is 0. The largest absolute Gasteiger partial charge is 0.393 e. The van der Waals surface area contributed by atoms with Crippen molar-refractivity contribution in [3.63, 3.8) is 0 Å². The summed E-state index contributed by atoms with van der Waals surface area (Å²) in [5.74, 6) is 2.33. The highest BCUT2D eigenvalue weighted by Crippen LogP contribution is 2.66. The average molecular weight is 496 g/mol. The predicted molar refractivity (Wildman–Crippen MR) is 141 cm³/mol. The molecule has 1 aliphatic heterocycles. The molecule has 4 aliphatic carbocycles. The molecular formula is C29H38FN3OS. The highest BCUT2D eigenvalue weighted by molar-refractivity contribution is 7.80. The van der Waals surface area contributed by atoms with E-state index < -0.39 is 0 Å². The normalized spacial score (nSPS) is 42.6. The van der Waals surface area contributed by atoms with Crippen molar-refractivity contribution in [3.8, 4) is 0 Å². The fourth-order valence-electron chi connectivity index (χ4n) is 9.11. The number of nitrogens with two attached hydrogens (primary N) is 1. The molecule has 8 atom stereocenters. The van der Waals surface area contributed by atoms with Crippen LogP contribution in [0, 0.1) is 40.3 Å². The summed E-state index contributed by atoms with van der Waals surface area (Å²) in [6, 6.07) is 6.65. The third kappa shape index (κ3) is 3.61. The van der Waals surface area contributed by atoms with E-state index in [1.54, 1.807) is 17.1 Å². The van der Waals surface area contributed by atoms with Gasteiger partial charge in [-0.3, -0.25) is 0 Å². The first-order chi connectivity index (χ1) is 16.7. The van der Waals surface area contributed by atoms with Crippen LogP contribution in [0.5, 0.6) is 0 Å². The minimum Gasteiger partial charge on any atom is -0.393 e. The highest BCUT2D eigenvalue weighted by atomic mass is 32.1. The van der Waals surface area contributed by atoms with Crippen molar-refractivity contribution >= 4 is 23.0 Å². The monoisotopic (exact) mass is 495 g/mol. The summed E-state index contributed by atoms with van der Waals surface area (Å²) in [5.41, 5.74) is 10.2. The first-order valence-electron chi connectivity index (χ1n) is 13.5. The second kappa shape index (κ2) is 8.37. The molecule has 1 heterocycles. The van der Waals surface area contributed by atoms with Crippen LogP contribution in [0.3, 0.4) is 0 Å². The zero-order valence-corrected chi connectivity index (χ0v) is 21.7. The van der Waals surface area contributed by atoms with E-state index >= 15 is 0 Å². The number of thiocarbonyl (C=S) groups is 1. The van der Waals surface area contributed by atoms with Gasteiger partial charge in [0.15, 0.2) is 5.11 Å². The van der Waals surface area contributed by atoms with E-state index in [1.165, 1.54) is 36.6 Å². The Kier molecular flexibility index (Phi) is 5.65. The fraction of sp³-hybridized carbons (Fsp3) is 0.655. The smallest absolute Gasteiger partial charge is 0.187 e. The first kappa shape index (κ1) is 23.6. The van der Waals surface area contributed by atoms with E-state index in [0.29, 0.717) is 11.8 Å². The summed E-state index contributed by atoms with van der Waals surface area (Å²) in [6.45, 7) is 5.00. The maximum Gasteiger partial charge on any atom is 0.187 e. The van der Waals surface area contributed by atoms with Crippen LogP contribution in [0.4, 0.5) is 4.39 Å². The summed E-state index contributed by atoms with van der Waals surface area (Å²) in [5, 5.41) is 17.3. The maximum absolute atomic E-state index is 14.0. The Morgan fingerprint density at radius 3 is 2.74 bits per heavy atom. The van der Waals surface area contributed by atoms with E-state index in [9.17, 15) is 9.50 Å². The number of aliphatic hydroxyl groups is 1. The van der Waals surface area contributed by atoms with Crippen LogP contribution in [0.15, 0.2) is 41.0 Å². The molecule has 3 N–H and O–H groups in total. The van der Waals surface area contributed by atoms with Gasteiger partial charge in [-0.25, -0.2) is 9.40 Å². The van der Waals surface area contributed by atoms with Gasteiger partial charge in [-0.05, 0) is 110 Å². The number of fused-ring (bicyclic) bond motifs is 5. The second-order valence-corrected chi connectivity index (χ2v) is 12.8. The highest BCUT2D eigenvalue weighted by Gasteiger charge is 2.59. The van der Waals surface area contributed by atoms with Crippen molar-refractivity contribution in [3.05, 3.63) is 47.3 Å². The van der Waals surface area contributed by atoms with E-state index in [1.807, 2.05) is 6.07 Å². The van der Waals surface area contributed by atoms with Gasteiger partial charge in [0, 0.05) is 18.1 Å². The lowest BCUT2D eigenvalue weighted by Crippen LogP contribution is -2.51. The van der Waals surface area contributed by atoms with Crippen molar-refractivity contribution in [2.24, 2.45) is 45.3 Å². The maximum atomic E-state index is 14.0. The molecule has 0 bridgehead atoms. The lowest BCUT2D eigenvalue weighted by atomic mass is 9.47. The number of rotatable bonds is 2. The van der Waals surface area contributed by atoms with Gasteiger partial charge in [0.05, 0.1) is 12.1 Å².